The highest BCUT2D eigenvalue weighted by Crippen LogP contribution is 1.96. The average Bonchev–Trinajstić information content (AvgIpc) is 2.02. The van der Waals surface area contributed by atoms with Crippen LogP contribution in [0.4, 0.5) is 0 Å². The van der Waals surface area contributed by atoms with Crippen molar-refractivity contribution in [2.45, 2.75) is 18.8 Å². The molecule has 0 aromatic carbocycles. The normalized spacial score (nSPS) is 15.2. The summed E-state index contributed by atoms with van der Waals surface area (Å²) in [4.78, 5) is 10.7. The topological polar surface area (TPSA) is 66.8 Å². The second-order valence-corrected chi connectivity index (χ2v) is 2.24. The first-order valence-electron chi connectivity index (χ1n) is 3.55. The molecule has 0 aliphatic carbocycles. The van der Waals surface area contributed by atoms with Gasteiger partial charge >= 0.3 is 0 Å². The fourth-order valence-corrected chi connectivity index (χ4v) is 0.594. The fourth-order valence-electron chi connectivity index (χ4n) is 0.594. The number of hydrogen-bond acceptors (Lipinski definition) is 4. The third kappa shape index (κ3) is 5.01. The molecule has 0 saturated carbocycles. The van der Waals surface area contributed by atoms with E-state index in [-0.39, 0.29) is 13.0 Å². The summed E-state index contributed by atoms with van der Waals surface area (Å²) in [5.41, 5.74) is 0. The van der Waals surface area contributed by atoms with Gasteiger partial charge in [0.25, 0.3) is 0 Å². The molecule has 69 valence electrons. The molecule has 4 nitrogen and oxygen atoms in total. The summed E-state index contributed by atoms with van der Waals surface area (Å²) >= 11 is 0. The molecule has 0 aliphatic heterocycles. The third-order valence-corrected chi connectivity index (χ3v) is 1.23. The van der Waals surface area contributed by atoms with E-state index in [9.17, 15) is 4.79 Å². The van der Waals surface area contributed by atoms with Gasteiger partial charge in [-0.3, -0.25) is 4.79 Å². The zero-order chi connectivity index (χ0) is 9.56. The molecule has 1 radical (unpaired) electrons. The lowest BCUT2D eigenvalue weighted by Crippen LogP contribution is -2.21. The fraction of sp³-hybridized carbons (Fsp3) is 0.500. The Bertz CT molecular complexity index is 153. The van der Waals surface area contributed by atoms with Gasteiger partial charge < -0.3 is 14.9 Å². The number of hydrogen-bond donors (Lipinski definition) is 2. The Labute approximate surface area is 71.5 Å². The first kappa shape index (κ1) is 11.3. The number of aliphatic hydroxyl groups is 2. The van der Waals surface area contributed by atoms with Crippen LogP contribution < -0.4 is 0 Å². The van der Waals surface area contributed by atoms with Crippen molar-refractivity contribution in [3.05, 3.63) is 19.6 Å². The van der Waals surface area contributed by atoms with Gasteiger partial charge in [-0.05, 0) is 6.08 Å². The molecule has 2 unspecified atom stereocenters. The first-order valence-corrected chi connectivity index (χ1v) is 3.55. The number of carbonyl (C=O) groups excluding carboxylic acids is 1. The van der Waals surface area contributed by atoms with Crippen molar-refractivity contribution >= 4 is 5.78 Å². The van der Waals surface area contributed by atoms with Crippen LogP contribution in [0.25, 0.3) is 0 Å². The molecular formula is C8H13O4. The summed E-state index contributed by atoms with van der Waals surface area (Å²) in [6.07, 6.45) is -1.03. The molecule has 12 heavy (non-hydrogen) atoms. The minimum atomic E-state index is -1.11. The lowest BCUT2D eigenvalue weighted by Gasteiger charge is -2.08. The van der Waals surface area contributed by atoms with Crippen molar-refractivity contribution in [1.82, 2.24) is 0 Å². The number of ketones is 1. The molecule has 2 N–H and O–H groups in total. The highest BCUT2D eigenvalue weighted by molar-refractivity contribution is 5.92. The maximum atomic E-state index is 10.7. The van der Waals surface area contributed by atoms with Gasteiger partial charge in [0.1, 0.15) is 6.10 Å². The number of ether oxygens (including phenoxy) is 1. The summed E-state index contributed by atoms with van der Waals surface area (Å²) < 4.78 is 4.61. The molecule has 0 rings (SSSR count). The maximum Gasteiger partial charge on any atom is 0.183 e. The van der Waals surface area contributed by atoms with E-state index < -0.39 is 18.2 Å². The third-order valence-electron chi connectivity index (χ3n) is 1.23. The van der Waals surface area contributed by atoms with Gasteiger partial charge in [-0.1, -0.05) is 6.58 Å². The molecule has 0 spiro atoms. The molecular weight excluding hydrogens is 160 g/mol. The zero-order valence-corrected chi connectivity index (χ0v) is 6.77. The molecule has 0 aromatic heterocycles. The summed E-state index contributed by atoms with van der Waals surface area (Å²) in [5, 5.41) is 17.6. The van der Waals surface area contributed by atoms with Crippen molar-refractivity contribution in [2.75, 3.05) is 6.61 Å². The number of aliphatic hydroxyl groups excluding tert-OH is 2. The Hall–Kier alpha value is -0.710. The highest BCUT2D eigenvalue weighted by atomic mass is 16.6. The predicted molar refractivity (Wildman–Crippen MR) is 43.1 cm³/mol. The van der Waals surface area contributed by atoms with Gasteiger partial charge in [0.05, 0.1) is 6.61 Å². The van der Waals surface area contributed by atoms with Crippen LogP contribution in [0, 0.1) is 6.92 Å². The Morgan fingerprint density at radius 2 is 2.17 bits per heavy atom. The lowest BCUT2D eigenvalue weighted by molar-refractivity contribution is -0.125. The minimum Gasteiger partial charge on any atom is -0.385 e. The van der Waals surface area contributed by atoms with Gasteiger partial charge in [0.15, 0.2) is 12.1 Å². The van der Waals surface area contributed by atoms with Crippen molar-refractivity contribution in [1.29, 1.82) is 0 Å². The van der Waals surface area contributed by atoms with Crippen LogP contribution in [-0.2, 0) is 9.53 Å². The quantitative estimate of drug-likeness (QED) is 0.426. The molecule has 0 bridgehead atoms. The molecule has 0 aromatic rings. The Morgan fingerprint density at radius 3 is 2.58 bits per heavy atom. The highest BCUT2D eigenvalue weighted by Gasteiger charge is 2.10. The van der Waals surface area contributed by atoms with E-state index in [1.165, 1.54) is 0 Å². The van der Waals surface area contributed by atoms with Crippen LogP contribution in [0.3, 0.4) is 0 Å². The van der Waals surface area contributed by atoms with Crippen molar-refractivity contribution in [3.8, 4) is 0 Å². The van der Waals surface area contributed by atoms with E-state index in [0.29, 0.717) is 0 Å². The molecule has 0 saturated heterocycles. The van der Waals surface area contributed by atoms with Gasteiger partial charge in [-0.2, -0.15) is 0 Å². The van der Waals surface area contributed by atoms with E-state index in [4.69, 9.17) is 10.2 Å². The van der Waals surface area contributed by atoms with Gasteiger partial charge in [0.2, 0.25) is 0 Å². The van der Waals surface area contributed by atoms with E-state index in [0.717, 1.165) is 6.08 Å². The minimum absolute atomic E-state index is 0.0887. The van der Waals surface area contributed by atoms with Crippen molar-refractivity contribution in [3.63, 3.8) is 0 Å². The van der Waals surface area contributed by atoms with E-state index in [1.54, 1.807) is 0 Å². The summed E-state index contributed by atoms with van der Waals surface area (Å²) in [6, 6.07) is 0. The Balaban J connectivity index is 3.50. The van der Waals surface area contributed by atoms with E-state index in [1.807, 2.05) is 0 Å². The predicted octanol–water partition coefficient (Wildman–Crippen LogP) is -0.338. The number of carbonyl (C=O) groups is 1. The summed E-state index contributed by atoms with van der Waals surface area (Å²) in [5.74, 6) is -0.447. The first-order chi connectivity index (χ1) is 5.57. The van der Waals surface area contributed by atoms with Gasteiger partial charge in [-0.15, -0.1) is 0 Å². The molecule has 0 heterocycles. The van der Waals surface area contributed by atoms with Crippen molar-refractivity contribution in [2.24, 2.45) is 0 Å². The Kier molecular flexibility index (Phi) is 5.53. The van der Waals surface area contributed by atoms with Crippen LogP contribution in [0.5, 0.6) is 0 Å². The molecule has 0 fully saturated rings. The van der Waals surface area contributed by atoms with Gasteiger partial charge in [0, 0.05) is 13.3 Å². The van der Waals surface area contributed by atoms with Crippen LogP contribution in [0.1, 0.15) is 6.42 Å². The van der Waals surface area contributed by atoms with E-state index >= 15 is 0 Å². The molecule has 2 atom stereocenters. The molecule has 0 amide bonds. The lowest BCUT2D eigenvalue weighted by atomic mass is 10.2. The second-order valence-electron chi connectivity index (χ2n) is 2.24. The number of rotatable bonds is 6. The standard InChI is InChI=1S/C8H13O4/c1-3-7(10)8(11)4-5-12-6(2)9/h3,6,8-9,11H,1-2,4-5H2. The smallest absolute Gasteiger partial charge is 0.183 e. The van der Waals surface area contributed by atoms with Gasteiger partial charge in [-0.25, -0.2) is 0 Å². The van der Waals surface area contributed by atoms with Crippen LogP contribution >= 0.6 is 0 Å². The van der Waals surface area contributed by atoms with E-state index in [2.05, 4.69) is 18.2 Å². The summed E-state index contributed by atoms with van der Waals surface area (Å²) in [7, 11) is 0. The van der Waals surface area contributed by atoms with Crippen LogP contribution in [0.15, 0.2) is 12.7 Å². The van der Waals surface area contributed by atoms with Crippen LogP contribution in [-0.4, -0.2) is 35.0 Å². The molecule has 4 heteroatoms. The monoisotopic (exact) mass is 173 g/mol. The maximum absolute atomic E-state index is 10.7. The van der Waals surface area contributed by atoms with Crippen LogP contribution in [0.2, 0.25) is 0 Å². The molecule has 0 aliphatic rings. The Morgan fingerprint density at radius 1 is 1.58 bits per heavy atom. The second kappa shape index (κ2) is 5.88. The van der Waals surface area contributed by atoms with Crippen molar-refractivity contribution < 1.29 is 19.7 Å². The SMILES string of the molecule is [CH2]C(O)OCCC(O)C(=O)C=C. The zero-order valence-electron chi connectivity index (χ0n) is 6.77. The summed E-state index contributed by atoms with van der Waals surface area (Å²) in [6.45, 7) is 6.45. The average molecular weight is 173 g/mol. The largest absolute Gasteiger partial charge is 0.385 e.